The molecular weight excluding hydrogens is 346 g/mol. The van der Waals surface area contributed by atoms with E-state index in [0.717, 1.165) is 21.5 Å². The second-order valence-corrected chi connectivity index (χ2v) is 5.74. The summed E-state index contributed by atoms with van der Waals surface area (Å²) in [5, 5.41) is 2.84. The number of carbonyl (C=O) groups excluding carboxylic acids is 1. The lowest BCUT2D eigenvalue weighted by atomic mass is 10.2. The first-order valence-electron chi connectivity index (χ1n) is 6.87. The van der Waals surface area contributed by atoms with Gasteiger partial charge in [-0.3, -0.25) is 4.79 Å². The molecule has 116 valence electrons. The molecule has 0 unspecified atom stereocenters. The van der Waals surface area contributed by atoms with Crippen LogP contribution in [0.1, 0.15) is 12.5 Å². The van der Waals surface area contributed by atoms with Gasteiger partial charge in [-0.1, -0.05) is 15.9 Å². The number of hydrogen-bond acceptors (Lipinski definition) is 3. The van der Waals surface area contributed by atoms with E-state index in [2.05, 4.69) is 21.2 Å². The molecule has 0 bridgehead atoms. The Morgan fingerprint density at radius 3 is 2.36 bits per heavy atom. The van der Waals surface area contributed by atoms with Crippen LogP contribution >= 0.6 is 15.9 Å². The Labute approximate surface area is 138 Å². The fraction of sp³-hybridized carbons (Fsp3) is 0.235. The Kier molecular flexibility index (Phi) is 5.44. The number of amides is 1. The van der Waals surface area contributed by atoms with Crippen molar-refractivity contribution < 1.29 is 14.3 Å². The molecule has 0 saturated heterocycles. The maximum Gasteiger partial charge on any atom is 0.265 e. The van der Waals surface area contributed by atoms with Gasteiger partial charge in [0.05, 0.1) is 7.11 Å². The lowest BCUT2D eigenvalue weighted by Gasteiger charge is -2.15. The summed E-state index contributed by atoms with van der Waals surface area (Å²) >= 11 is 3.43. The highest BCUT2D eigenvalue weighted by molar-refractivity contribution is 9.10. The summed E-state index contributed by atoms with van der Waals surface area (Å²) in [6.45, 7) is 3.68. The molecule has 0 fully saturated rings. The van der Waals surface area contributed by atoms with Gasteiger partial charge < -0.3 is 14.8 Å². The highest BCUT2D eigenvalue weighted by atomic mass is 79.9. The van der Waals surface area contributed by atoms with Crippen molar-refractivity contribution in [3.63, 3.8) is 0 Å². The van der Waals surface area contributed by atoms with Gasteiger partial charge in [0.2, 0.25) is 0 Å². The van der Waals surface area contributed by atoms with Gasteiger partial charge in [0, 0.05) is 10.2 Å². The van der Waals surface area contributed by atoms with Crippen LogP contribution in [0, 0.1) is 6.92 Å². The summed E-state index contributed by atoms with van der Waals surface area (Å²) in [5.74, 6) is 1.17. The number of anilines is 1. The molecule has 2 aromatic carbocycles. The van der Waals surface area contributed by atoms with Crippen molar-refractivity contribution in [2.24, 2.45) is 0 Å². The van der Waals surface area contributed by atoms with Crippen LogP contribution in [0.25, 0.3) is 0 Å². The van der Waals surface area contributed by atoms with Gasteiger partial charge in [-0.2, -0.15) is 0 Å². The van der Waals surface area contributed by atoms with Crippen molar-refractivity contribution in [1.29, 1.82) is 0 Å². The molecular formula is C17H18BrNO3. The van der Waals surface area contributed by atoms with E-state index in [1.807, 2.05) is 25.1 Å². The van der Waals surface area contributed by atoms with E-state index in [0.29, 0.717) is 5.75 Å². The van der Waals surface area contributed by atoms with Gasteiger partial charge in [-0.15, -0.1) is 0 Å². The van der Waals surface area contributed by atoms with Crippen molar-refractivity contribution in [2.75, 3.05) is 12.4 Å². The number of aryl methyl sites for hydroxylation is 1. The smallest absolute Gasteiger partial charge is 0.265 e. The molecule has 0 radical (unpaired) electrons. The van der Waals surface area contributed by atoms with E-state index >= 15 is 0 Å². The van der Waals surface area contributed by atoms with Gasteiger partial charge in [-0.05, 0) is 61.9 Å². The summed E-state index contributed by atoms with van der Waals surface area (Å²) in [6, 6.07) is 12.8. The van der Waals surface area contributed by atoms with E-state index in [-0.39, 0.29) is 5.91 Å². The summed E-state index contributed by atoms with van der Waals surface area (Å²) in [4.78, 5) is 12.2. The van der Waals surface area contributed by atoms with Gasteiger partial charge in [0.25, 0.3) is 5.91 Å². The minimum atomic E-state index is -0.600. The summed E-state index contributed by atoms with van der Waals surface area (Å²) in [7, 11) is 1.60. The van der Waals surface area contributed by atoms with Gasteiger partial charge in [0.15, 0.2) is 6.10 Å². The normalized spacial score (nSPS) is 11.6. The number of rotatable bonds is 5. The largest absolute Gasteiger partial charge is 0.497 e. The predicted octanol–water partition coefficient (Wildman–Crippen LogP) is 4.17. The van der Waals surface area contributed by atoms with Crippen LogP contribution in [0.3, 0.4) is 0 Å². The van der Waals surface area contributed by atoms with E-state index < -0.39 is 6.10 Å². The first kappa shape index (κ1) is 16.4. The van der Waals surface area contributed by atoms with Crippen LogP contribution in [0.5, 0.6) is 11.5 Å². The Morgan fingerprint density at radius 1 is 1.14 bits per heavy atom. The third kappa shape index (κ3) is 4.24. The molecule has 4 nitrogen and oxygen atoms in total. The van der Waals surface area contributed by atoms with Gasteiger partial charge >= 0.3 is 0 Å². The summed E-state index contributed by atoms with van der Waals surface area (Å²) < 4.78 is 11.7. The number of carbonyl (C=O) groups is 1. The first-order valence-corrected chi connectivity index (χ1v) is 7.66. The maximum absolute atomic E-state index is 12.2. The highest BCUT2D eigenvalue weighted by Crippen LogP contribution is 2.21. The molecule has 0 aliphatic rings. The van der Waals surface area contributed by atoms with E-state index in [1.165, 1.54) is 0 Å². The molecule has 5 heteroatoms. The van der Waals surface area contributed by atoms with Crippen molar-refractivity contribution in [3.05, 3.63) is 52.5 Å². The molecule has 0 aliphatic heterocycles. The molecule has 0 aromatic heterocycles. The average molecular weight is 364 g/mol. The number of ether oxygens (including phenoxy) is 2. The molecule has 0 aliphatic carbocycles. The van der Waals surface area contributed by atoms with E-state index in [1.54, 1.807) is 38.3 Å². The zero-order valence-electron chi connectivity index (χ0n) is 12.7. The van der Waals surface area contributed by atoms with Crippen molar-refractivity contribution in [2.45, 2.75) is 20.0 Å². The number of benzene rings is 2. The van der Waals surface area contributed by atoms with E-state index in [9.17, 15) is 4.79 Å². The van der Waals surface area contributed by atoms with Crippen LogP contribution in [0.15, 0.2) is 46.9 Å². The molecule has 1 N–H and O–H groups in total. The quantitative estimate of drug-likeness (QED) is 0.866. The zero-order valence-corrected chi connectivity index (χ0v) is 14.3. The lowest BCUT2D eigenvalue weighted by molar-refractivity contribution is -0.122. The molecule has 0 heterocycles. The van der Waals surface area contributed by atoms with Gasteiger partial charge in [0.1, 0.15) is 11.5 Å². The second-order valence-electron chi connectivity index (χ2n) is 4.89. The second kappa shape index (κ2) is 7.31. The average Bonchev–Trinajstić information content (AvgIpc) is 2.51. The number of nitrogens with one attached hydrogen (secondary N) is 1. The fourth-order valence-corrected chi connectivity index (χ4v) is 2.12. The summed E-state index contributed by atoms with van der Waals surface area (Å²) in [5.41, 5.74) is 1.80. The molecule has 22 heavy (non-hydrogen) atoms. The van der Waals surface area contributed by atoms with Gasteiger partial charge in [-0.25, -0.2) is 0 Å². The van der Waals surface area contributed by atoms with Crippen LogP contribution in [-0.4, -0.2) is 19.1 Å². The molecule has 0 saturated carbocycles. The number of methoxy groups -OCH3 is 1. The third-order valence-electron chi connectivity index (χ3n) is 3.17. The minimum Gasteiger partial charge on any atom is -0.497 e. The van der Waals surface area contributed by atoms with Crippen LogP contribution < -0.4 is 14.8 Å². The predicted molar refractivity (Wildman–Crippen MR) is 90.6 cm³/mol. The Bertz CT molecular complexity index is 655. The number of halogens is 1. The highest BCUT2D eigenvalue weighted by Gasteiger charge is 2.15. The topological polar surface area (TPSA) is 47.6 Å². The maximum atomic E-state index is 12.2. The molecule has 0 spiro atoms. The first-order chi connectivity index (χ1) is 10.5. The Hall–Kier alpha value is -2.01. The lowest BCUT2D eigenvalue weighted by Crippen LogP contribution is -2.30. The zero-order chi connectivity index (χ0) is 16.1. The van der Waals surface area contributed by atoms with Crippen LogP contribution in [-0.2, 0) is 4.79 Å². The van der Waals surface area contributed by atoms with Crippen molar-refractivity contribution >= 4 is 27.5 Å². The Morgan fingerprint density at radius 2 is 1.77 bits per heavy atom. The van der Waals surface area contributed by atoms with Crippen LogP contribution in [0.2, 0.25) is 0 Å². The van der Waals surface area contributed by atoms with E-state index in [4.69, 9.17) is 9.47 Å². The van der Waals surface area contributed by atoms with Crippen molar-refractivity contribution in [1.82, 2.24) is 0 Å². The standard InChI is InChI=1S/C17H18BrNO3/c1-11-10-13(4-9-16(11)18)19-17(20)12(2)22-15-7-5-14(21-3)6-8-15/h4-10,12H,1-3H3,(H,19,20)/t12-/m0/s1. The fourth-order valence-electron chi connectivity index (χ4n) is 1.88. The molecule has 1 atom stereocenters. The molecule has 2 aromatic rings. The number of hydrogen-bond donors (Lipinski definition) is 1. The molecule has 2 rings (SSSR count). The monoisotopic (exact) mass is 363 g/mol. The SMILES string of the molecule is COc1ccc(O[C@@H](C)C(=O)Nc2ccc(Br)c(C)c2)cc1. The summed E-state index contributed by atoms with van der Waals surface area (Å²) in [6.07, 6.45) is -0.600. The minimum absolute atomic E-state index is 0.197. The Balaban J connectivity index is 1.97. The molecule has 1 amide bonds. The van der Waals surface area contributed by atoms with Crippen molar-refractivity contribution in [3.8, 4) is 11.5 Å². The van der Waals surface area contributed by atoms with Crippen LogP contribution in [0.4, 0.5) is 5.69 Å². The third-order valence-corrected chi connectivity index (χ3v) is 4.06.